The molecule has 1 spiro atoms. The maximum absolute atomic E-state index is 13.6. The van der Waals surface area contributed by atoms with E-state index in [-0.39, 0.29) is 36.9 Å². The summed E-state index contributed by atoms with van der Waals surface area (Å²) in [5.41, 5.74) is -0.837. The molecule has 8 heteroatoms. The van der Waals surface area contributed by atoms with Crippen LogP contribution in [0.1, 0.15) is 45.6 Å². The largest absolute Gasteiger partial charge is 0.396 e. The first kappa shape index (κ1) is 22.7. The highest BCUT2D eigenvalue weighted by Gasteiger charge is 2.77. The van der Waals surface area contributed by atoms with Gasteiger partial charge in [-0.1, -0.05) is 30.3 Å². The molecule has 5 atom stereocenters. The average molecular weight is 444 g/mol. The zero-order valence-electron chi connectivity index (χ0n) is 19.0. The second-order valence-electron chi connectivity index (χ2n) is 9.70. The second-order valence-corrected chi connectivity index (χ2v) is 9.70. The number of aliphatic hydroxyl groups is 1. The van der Waals surface area contributed by atoms with Crippen molar-refractivity contribution >= 4 is 17.7 Å². The summed E-state index contributed by atoms with van der Waals surface area (Å²) in [6, 6.07) is 8.72. The summed E-state index contributed by atoms with van der Waals surface area (Å²) >= 11 is 0. The summed E-state index contributed by atoms with van der Waals surface area (Å²) in [6.45, 7) is 6.16. The zero-order valence-corrected chi connectivity index (χ0v) is 19.0. The number of carbonyl (C=O) groups excluding carboxylic acids is 3. The lowest BCUT2D eigenvalue weighted by Gasteiger charge is -2.33. The number of fused-ring (bicyclic) bond motifs is 1. The molecule has 4 rings (SSSR count). The molecule has 8 nitrogen and oxygen atoms in total. The van der Waals surface area contributed by atoms with Gasteiger partial charge in [0.2, 0.25) is 17.7 Å². The molecular weight excluding hydrogens is 410 g/mol. The Morgan fingerprint density at radius 3 is 2.59 bits per heavy atom. The first-order valence-electron chi connectivity index (χ1n) is 11.5. The molecule has 32 heavy (non-hydrogen) atoms. The summed E-state index contributed by atoms with van der Waals surface area (Å²) in [5.74, 6) is -2.09. The highest BCUT2D eigenvalue weighted by molar-refractivity contribution is 5.99. The van der Waals surface area contributed by atoms with E-state index in [1.165, 1.54) is 4.90 Å². The number of nitrogens with zero attached hydrogens (tertiary/aromatic N) is 1. The Labute approximate surface area is 188 Å². The van der Waals surface area contributed by atoms with E-state index in [0.717, 1.165) is 5.56 Å². The number of carbonyl (C=O) groups is 3. The molecule has 0 saturated carbocycles. The van der Waals surface area contributed by atoms with Gasteiger partial charge >= 0.3 is 0 Å². The van der Waals surface area contributed by atoms with E-state index in [2.05, 4.69) is 10.6 Å². The van der Waals surface area contributed by atoms with Crippen LogP contribution in [0.4, 0.5) is 0 Å². The molecule has 0 aliphatic carbocycles. The van der Waals surface area contributed by atoms with Gasteiger partial charge in [0.1, 0.15) is 11.6 Å². The second kappa shape index (κ2) is 8.48. The monoisotopic (exact) mass is 443 g/mol. The van der Waals surface area contributed by atoms with E-state index in [1.807, 2.05) is 51.1 Å². The molecule has 3 heterocycles. The fourth-order valence-corrected chi connectivity index (χ4v) is 5.87. The van der Waals surface area contributed by atoms with Crippen LogP contribution in [-0.2, 0) is 25.7 Å². The van der Waals surface area contributed by atoms with Gasteiger partial charge in [-0.05, 0) is 45.6 Å². The van der Waals surface area contributed by atoms with Crippen LogP contribution in [0.3, 0.4) is 0 Å². The molecule has 2 unspecified atom stereocenters. The highest BCUT2D eigenvalue weighted by atomic mass is 16.5. The fraction of sp³-hybridized carbons (Fsp3) is 0.625. The normalized spacial score (nSPS) is 33.0. The van der Waals surface area contributed by atoms with Crippen LogP contribution in [0.25, 0.3) is 0 Å². The third-order valence-corrected chi connectivity index (χ3v) is 7.11. The molecule has 1 aromatic rings. The van der Waals surface area contributed by atoms with E-state index in [1.54, 1.807) is 0 Å². The van der Waals surface area contributed by atoms with Crippen molar-refractivity contribution in [1.29, 1.82) is 0 Å². The number of likely N-dealkylation sites (tertiary alicyclic amines) is 1. The lowest BCUT2D eigenvalue weighted by molar-refractivity contribution is -0.146. The van der Waals surface area contributed by atoms with Crippen molar-refractivity contribution in [2.45, 2.75) is 69.9 Å². The third-order valence-electron chi connectivity index (χ3n) is 7.11. The van der Waals surface area contributed by atoms with Crippen molar-refractivity contribution in [3.8, 4) is 0 Å². The topological polar surface area (TPSA) is 108 Å². The van der Waals surface area contributed by atoms with E-state index in [9.17, 15) is 19.5 Å². The maximum atomic E-state index is 13.6. The lowest BCUT2D eigenvalue weighted by atomic mass is 9.66. The highest BCUT2D eigenvalue weighted by Crippen LogP contribution is 2.63. The fourth-order valence-electron chi connectivity index (χ4n) is 5.87. The van der Waals surface area contributed by atoms with E-state index in [4.69, 9.17) is 4.74 Å². The van der Waals surface area contributed by atoms with Crippen LogP contribution in [-0.4, -0.2) is 64.2 Å². The zero-order chi connectivity index (χ0) is 23.1. The van der Waals surface area contributed by atoms with Gasteiger partial charge in [-0.2, -0.15) is 0 Å². The number of hydrogen-bond acceptors (Lipinski definition) is 5. The van der Waals surface area contributed by atoms with E-state index < -0.39 is 29.1 Å². The van der Waals surface area contributed by atoms with E-state index in [0.29, 0.717) is 25.8 Å². The standard InChI is InChI=1S/C24H33N3O5/c1-15(2)26-21(30)19-24-11-10-23(3,32-24)17(18(24)22(31)27(19)12-7-13-28)20(29)25-14-16-8-5-4-6-9-16/h4-6,8-9,15,17-19,28H,7,10-14H2,1-3H3,(H,25,29)(H,26,30)/t17-,18+,19?,23+,24?/m1/s1. The molecule has 1 aromatic carbocycles. The van der Waals surface area contributed by atoms with Gasteiger partial charge in [-0.15, -0.1) is 0 Å². The van der Waals surface area contributed by atoms with Gasteiger partial charge in [-0.3, -0.25) is 14.4 Å². The Morgan fingerprint density at radius 2 is 1.94 bits per heavy atom. The first-order valence-corrected chi connectivity index (χ1v) is 11.5. The molecule has 3 aliphatic heterocycles. The lowest BCUT2D eigenvalue weighted by Crippen LogP contribution is -2.56. The number of amides is 3. The van der Waals surface area contributed by atoms with Crippen molar-refractivity contribution in [1.82, 2.24) is 15.5 Å². The predicted molar refractivity (Wildman–Crippen MR) is 117 cm³/mol. The Bertz CT molecular complexity index is 891. The van der Waals surface area contributed by atoms with Crippen molar-refractivity contribution < 1.29 is 24.2 Å². The maximum Gasteiger partial charge on any atom is 0.246 e. The molecule has 0 radical (unpaired) electrons. The molecule has 3 N–H and O–H groups in total. The summed E-state index contributed by atoms with van der Waals surface area (Å²) < 4.78 is 6.51. The predicted octanol–water partition coefficient (Wildman–Crippen LogP) is 0.975. The summed E-state index contributed by atoms with van der Waals surface area (Å²) in [5, 5.41) is 15.3. The molecule has 2 bridgehead atoms. The van der Waals surface area contributed by atoms with Gasteiger partial charge in [-0.25, -0.2) is 0 Å². The van der Waals surface area contributed by atoms with Gasteiger partial charge in [0.05, 0.1) is 17.4 Å². The van der Waals surface area contributed by atoms with Crippen molar-refractivity contribution in [3.63, 3.8) is 0 Å². The van der Waals surface area contributed by atoms with Crippen LogP contribution in [0, 0.1) is 11.8 Å². The third kappa shape index (κ3) is 3.59. The van der Waals surface area contributed by atoms with Gasteiger partial charge in [0, 0.05) is 25.7 Å². The first-order chi connectivity index (χ1) is 15.2. The van der Waals surface area contributed by atoms with E-state index >= 15 is 0 Å². The SMILES string of the molecule is CC(C)NC(=O)C1N(CCCO)C(=O)[C@@H]2[C@H](C(=O)NCc3ccccc3)[C@]3(C)CCC12O3. The quantitative estimate of drug-likeness (QED) is 0.555. The number of hydrogen-bond donors (Lipinski definition) is 3. The molecule has 174 valence electrons. The Morgan fingerprint density at radius 1 is 1.22 bits per heavy atom. The molecular formula is C24H33N3O5. The Hall–Kier alpha value is -2.45. The van der Waals surface area contributed by atoms with Crippen LogP contribution in [0.5, 0.6) is 0 Å². The minimum atomic E-state index is -1.02. The molecule has 3 aliphatic rings. The average Bonchev–Trinajstić information content (AvgIpc) is 3.31. The smallest absolute Gasteiger partial charge is 0.246 e. The number of nitrogens with one attached hydrogen (secondary N) is 2. The number of aliphatic hydroxyl groups excluding tert-OH is 1. The van der Waals surface area contributed by atoms with Crippen LogP contribution < -0.4 is 10.6 Å². The summed E-state index contributed by atoms with van der Waals surface area (Å²) in [4.78, 5) is 41.8. The van der Waals surface area contributed by atoms with Crippen LogP contribution >= 0.6 is 0 Å². The minimum Gasteiger partial charge on any atom is -0.396 e. The Kier molecular flexibility index (Phi) is 6.02. The Balaban J connectivity index is 1.63. The minimum absolute atomic E-state index is 0.0838. The molecule has 0 aromatic heterocycles. The van der Waals surface area contributed by atoms with Gasteiger partial charge in [0.25, 0.3) is 0 Å². The van der Waals surface area contributed by atoms with Crippen LogP contribution in [0.15, 0.2) is 30.3 Å². The van der Waals surface area contributed by atoms with Gasteiger partial charge in [0.15, 0.2) is 0 Å². The van der Waals surface area contributed by atoms with Crippen molar-refractivity contribution in [3.05, 3.63) is 35.9 Å². The number of benzene rings is 1. The molecule has 3 amide bonds. The van der Waals surface area contributed by atoms with Crippen LogP contribution in [0.2, 0.25) is 0 Å². The summed E-state index contributed by atoms with van der Waals surface area (Å²) in [7, 11) is 0. The van der Waals surface area contributed by atoms with Crippen molar-refractivity contribution in [2.75, 3.05) is 13.2 Å². The molecule has 3 saturated heterocycles. The van der Waals surface area contributed by atoms with Crippen molar-refractivity contribution in [2.24, 2.45) is 11.8 Å². The van der Waals surface area contributed by atoms with Gasteiger partial charge < -0.3 is 25.4 Å². The molecule has 3 fully saturated rings. The summed E-state index contributed by atoms with van der Waals surface area (Å²) in [6.07, 6.45) is 1.52. The number of ether oxygens (including phenoxy) is 1. The number of rotatable bonds is 8.